The smallest absolute Gasteiger partial charge is 0.306 e. The first kappa shape index (κ1) is 20.7. The highest BCUT2D eigenvalue weighted by molar-refractivity contribution is 5.76. The molecular weight excluding hydrogens is 392 g/mol. The van der Waals surface area contributed by atoms with Crippen LogP contribution in [0.1, 0.15) is 28.8 Å². The third-order valence-corrected chi connectivity index (χ3v) is 5.56. The quantitative estimate of drug-likeness (QED) is 0.562. The van der Waals surface area contributed by atoms with E-state index in [2.05, 4.69) is 32.3 Å². The van der Waals surface area contributed by atoms with Gasteiger partial charge in [-0.25, -0.2) is 9.97 Å². The van der Waals surface area contributed by atoms with E-state index in [9.17, 15) is 9.59 Å². The molecule has 1 saturated heterocycles. The molecule has 1 fully saturated rings. The van der Waals surface area contributed by atoms with Gasteiger partial charge in [0, 0.05) is 35.8 Å². The molecule has 0 amide bonds. The molecule has 0 radical (unpaired) electrons. The molecule has 0 saturated carbocycles. The minimum absolute atomic E-state index is 0.215. The molecule has 1 aromatic heterocycles. The number of aromatic nitrogens is 2. The molecule has 158 valence electrons. The number of carboxylic acid groups (broad SMARTS) is 1. The summed E-state index contributed by atoms with van der Waals surface area (Å²) in [5.74, 6) is -0.394. The molecule has 1 aliphatic rings. The molecule has 7 heteroatoms. The van der Waals surface area contributed by atoms with E-state index in [1.807, 2.05) is 24.3 Å². The average molecular weight is 416 g/mol. The van der Waals surface area contributed by atoms with Gasteiger partial charge in [0.25, 0.3) is 0 Å². The Morgan fingerprint density at radius 2 is 1.77 bits per heavy atom. The minimum Gasteiger partial charge on any atom is -0.481 e. The summed E-state index contributed by atoms with van der Waals surface area (Å²) in [4.78, 5) is 33.0. The van der Waals surface area contributed by atoms with Gasteiger partial charge < -0.3 is 10.4 Å². The number of piperidine rings is 1. The van der Waals surface area contributed by atoms with Gasteiger partial charge in [-0.15, -0.1) is 0 Å². The van der Waals surface area contributed by atoms with E-state index in [-0.39, 0.29) is 5.92 Å². The van der Waals surface area contributed by atoms with Crippen LogP contribution in [-0.4, -0.2) is 45.3 Å². The number of benzene rings is 2. The zero-order chi connectivity index (χ0) is 21.6. The van der Waals surface area contributed by atoms with Crippen LogP contribution < -0.4 is 5.32 Å². The summed E-state index contributed by atoms with van der Waals surface area (Å²) < 4.78 is 0. The first-order valence-corrected chi connectivity index (χ1v) is 10.3. The van der Waals surface area contributed by atoms with Crippen LogP contribution in [0, 0.1) is 5.92 Å². The predicted octanol–water partition coefficient (Wildman–Crippen LogP) is 4.00. The number of anilines is 2. The van der Waals surface area contributed by atoms with Crippen LogP contribution in [0.2, 0.25) is 0 Å². The maximum Gasteiger partial charge on any atom is 0.306 e. The summed E-state index contributed by atoms with van der Waals surface area (Å²) in [6.45, 7) is 2.39. The summed E-state index contributed by atoms with van der Waals surface area (Å²) in [5, 5.41) is 12.4. The van der Waals surface area contributed by atoms with Crippen LogP contribution in [-0.2, 0) is 11.3 Å². The van der Waals surface area contributed by atoms with Crippen molar-refractivity contribution in [2.45, 2.75) is 19.4 Å². The first-order chi connectivity index (χ1) is 15.1. The van der Waals surface area contributed by atoms with Gasteiger partial charge in [0.15, 0.2) is 0 Å². The summed E-state index contributed by atoms with van der Waals surface area (Å²) in [6, 6.07) is 15.4. The summed E-state index contributed by atoms with van der Waals surface area (Å²) in [5.41, 5.74) is 4.52. The number of carbonyl (C=O) groups excluding carboxylic acids is 1. The Morgan fingerprint density at radius 1 is 1.06 bits per heavy atom. The zero-order valence-corrected chi connectivity index (χ0v) is 17.1. The molecule has 4 rings (SSSR count). The van der Waals surface area contributed by atoms with E-state index >= 15 is 0 Å². The van der Waals surface area contributed by atoms with Gasteiger partial charge in [0.05, 0.1) is 5.92 Å². The summed E-state index contributed by atoms with van der Waals surface area (Å²) >= 11 is 0. The lowest BCUT2D eigenvalue weighted by Crippen LogP contribution is -2.35. The van der Waals surface area contributed by atoms with Crippen molar-refractivity contribution in [1.29, 1.82) is 0 Å². The Bertz CT molecular complexity index is 1040. The predicted molar refractivity (Wildman–Crippen MR) is 118 cm³/mol. The second-order valence-electron chi connectivity index (χ2n) is 7.75. The Morgan fingerprint density at radius 3 is 2.42 bits per heavy atom. The zero-order valence-electron chi connectivity index (χ0n) is 17.1. The Labute approximate surface area is 180 Å². The Hall–Kier alpha value is -3.58. The normalized spacial score (nSPS) is 14.8. The minimum atomic E-state index is -0.685. The highest BCUT2D eigenvalue weighted by atomic mass is 16.4. The fourth-order valence-electron chi connectivity index (χ4n) is 3.77. The summed E-state index contributed by atoms with van der Waals surface area (Å²) in [6.07, 6.45) is 5.72. The number of rotatable bonds is 7. The number of aldehydes is 1. The maximum absolute atomic E-state index is 11.1. The van der Waals surface area contributed by atoms with Crippen LogP contribution >= 0.6 is 0 Å². The number of hydrogen-bond donors (Lipinski definition) is 2. The van der Waals surface area contributed by atoms with E-state index in [4.69, 9.17) is 5.11 Å². The van der Waals surface area contributed by atoms with E-state index < -0.39 is 5.97 Å². The molecule has 2 aromatic carbocycles. The number of nitrogens with zero attached hydrogens (tertiary/aromatic N) is 3. The van der Waals surface area contributed by atoms with Crippen LogP contribution in [0.5, 0.6) is 0 Å². The first-order valence-electron chi connectivity index (χ1n) is 10.3. The standard InChI is InChI=1S/C24H24N4O3/c29-16-17-4-6-19(7-5-17)21-13-25-24(26-14-21)27-22-3-1-2-18(12-22)15-28-10-8-20(9-11-28)23(30)31/h1-7,12-14,16,20H,8-11,15H2,(H,30,31)(H,25,26,27). The molecule has 7 nitrogen and oxygen atoms in total. The van der Waals surface area contributed by atoms with Crippen LogP contribution in [0.25, 0.3) is 11.1 Å². The number of likely N-dealkylation sites (tertiary alicyclic amines) is 1. The molecule has 0 spiro atoms. The Balaban J connectivity index is 1.37. The topological polar surface area (TPSA) is 95.4 Å². The highest BCUT2D eigenvalue weighted by Crippen LogP contribution is 2.22. The van der Waals surface area contributed by atoms with Crippen LogP contribution in [0.15, 0.2) is 60.9 Å². The van der Waals surface area contributed by atoms with Crippen molar-refractivity contribution < 1.29 is 14.7 Å². The lowest BCUT2D eigenvalue weighted by atomic mass is 9.97. The average Bonchev–Trinajstić information content (AvgIpc) is 2.80. The largest absolute Gasteiger partial charge is 0.481 e. The van der Waals surface area contributed by atoms with Gasteiger partial charge in [-0.3, -0.25) is 14.5 Å². The molecule has 3 aromatic rings. The van der Waals surface area contributed by atoms with Crippen molar-refractivity contribution in [1.82, 2.24) is 14.9 Å². The Kier molecular flexibility index (Phi) is 6.33. The van der Waals surface area contributed by atoms with E-state index in [0.29, 0.717) is 24.4 Å². The number of aliphatic carboxylic acids is 1. The number of carbonyl (C=O) groups is 2. The lowest BCUT2D eigenvalue weighted by molar-refractivity contribution is -0.143. The molecule has 31 heavy (non-hydrogen) atoms. The van der Waals surface area contributed by atoms with Crippen molar-refractivity contribution in [2.24, 2.45) is 5.92 Å². The van der Waals surface area contributed by atoms with E-state index in [1.165, 1.54) is 0 Å². The second-order valence-corrected chi connectivity index (χ2v) is 7.75. The van der Waals surface area contributed by atoms with Crippen molar-refractivity contribution in [3.63, 3.8) is 0 Å². The van der Waals surface area contributed by atoms with Crippen molar-refractivity contribution >= 4 is 23.9 Å². The molecule has 0 unspecified atom stereocenters. The molecule has 1 aliphatic heterocycles. The third kappa shape index (κ3) is 5.32. The molecular formula is C24H24N4O3. The van der Waals surface area contributed by atoms with E-state index in [0.717, 1.165) is 48.3 Å². The fourth-order valence-corrected chi connectivity index (χ4v) is 3.77. The molecule has 2 heterocycles. The summed E-state index contributed by atoms with van der Waals surface area (Å²) in [7, 11) is 0. The van der Waals surface area contributed by atoms with Gasteiger partial charge in [-0.2, -0.15) is 0 Å². The number of nitrogens with one attached hydrogen (secondary N) is 1. The van der Waals surface area contributed by atoms with Gasteiger partial charge in [0.2, 0.25) is 5.95 Å². The highest BCUT2D eigenvalue weighted by Gasteiger charge is 2.24. The van der Waals surface area contributed by atoms with Gasteiger partial charge >= 0.3 is 5.97 Å². The van der Waals surface area contributed by atoms with Crippen molar-refractivity contribution in [2.75, 3.05) is 18.4 Å². The molecule has 2 N–H and O–H groups in total. The number of hydrogen-bond acceptors (Lipinski definition) is 6. The van der Waals surface area contributed by atoms with Gasteiger partial charge in [0.1, 0.15) is 6.29 Å². The van der Waals surface area contributed by atoms with Crippen molar-refractivity contribution in [3.8, 4) is 11.1 Å². The lowest BCUT2D eigenvalue weighted by Gasteiger charge is -2.30. The molecule has 0 atom stereocenters. The van der Waals surface area contributed by atoms with Gasteiger partial charge in [-0.05, 0) is 49.2 Å². The van der Waals surface area contributed by atoms with Crippen molar-refractivity contribution in [3.05, 3.63) is 72.1 Å². The van der Waals surface area contributed by atoms with Crippen LogP contribution in [0.3, 0.4) is 0 Å². The second kappa shape index (κ2) is 9.49. The monoisotopic (exact) mass is 416 g/mol. The SMILES string of the molecule is O=Cc1ccc(-c2cnc(Nc3cccc(CN4CCC(C(=O)O)CC4)c3)nc2)cc1. The third-order valence-electron chi connectivity index (χ3n) is 5.56. The maximum atomic E-state index is 11.1. The molecule has 0 bridgehead atoms. The molecule has 0 aliphatic carbocycles. The van der Waals surface area contributed by atoms with Gasteiger partial charge in [-0.1, -0.05) is 36.4 Å². The van der Waals surface area contributed by atoms with E-state index in [1.54, 1.807) is 24.5 Å². The van der Waals surface area contributed by atoms with Crippen LogP contribution in [0.4, 0.5) is 11.6 Å². The fraction of sp³-hybridized carbons (Fsp3) is 0.250. The number of carboxylic acids is 1.